The number of hydrogen-bond donors (Lipinski definition) is 1. The van der Waals surface area contributed by atoms with Crippen molar-refractivity contribution in [1.82, 2.24) is 20.3 Å². The van der Waals surface area contributed by atoms with Crippen molar-refractivity contribution < 1.29 is 0 Å². The lowest BCUT2D eigenvalue weighted by Crippen LogP contribution is -2.34. The van der Waals surface area contributed by atoms with Crippen LogP contribution in [0.4, 0.5) is 0 Å². The van der Waals surface area contributed by atoms with Crippen molar-refractivity contribution >= 4 is 11.8 Å². The molecule has 1 aliphatic rings. The molecule has 2 heterocycles. The molecule has 108 valence electrons. The summed E-state index contributed by atoms with van der Waals surface area (Å²) < 4.78 is 2.09. The monoisotopic (exact) mass is 282 g/mol. The molecular weight excluding hydrogens is 256 g/mol. The number of nitrogens with zero attached hydrogens (tertiary/aromatic N) is 3. The normalized spacial score (nSPS) is 21.5. The third-order valence-corrected chi connectivity index (χ3v) is 5.06. The maximum absolute atomic E-state index is 4.25. The van der Waals surface area contributed by atoms with Gasteiger partial charge in [0.15, 0.2) is 0 Å². The highest BCUT2D eigenvalue weighted by atomic mass is 32.2. The molecule has 5 heteroatoms. The van der Waals surface area contributed by atoms with E-state index in [2.05, 4.69) is 45.9 Å². The van der Waals surface area contributed by atoms with Crippen molar-refractivity contribution in [3.05, 3.63) is 11.9 Å². The largest absolute Gasteiger partial charge is 0.308 e. The van der Waals surface area contributed by atoms with E-state index in [0.29, 0.717) is 11.3 Å². The van der Waals surface area contributed by atoms with Gasteiger partial charge in [-0.25, -0.2) is 4.68 Å². The van der Waals surface area contributed by atoms with Gasteiger partial charge in [0.05, 0.1) is 17.9 Å². The molecule has 1 N–H and O–H groups in total. The molecule has 19 heavy (non-hydrogen) atoms. The predicted molar refractivity (Wildman–Crippen MR) is 81.4 cm³/mol. The number of nitrogens with one attached hydrogen (secondary N) is 1. The topological polar surface area (TPSA) is 42.7 Å². The summed E-state index contributed by atoms with van der Waals surface area (Å²) in [4.78, 5) is 0. The van der Waals surface area contributed by atoms with E-state index in [0.717, 1.165) is 19.5 Å². The van der Waals surface area contributed by atoms with Gasteiger partial charge < -0.3 is 5.32 Å². The minimum absolute atomic E-state index is 0.409. The van der Waals surface area contributed by atoms with E-state index in [1.807, 2.05) is 6.20 Å². The summed E-state index contributed by atoms with van der Waals surface area (Å²) in [6.45, 7) is 6.45. The van der Waals surface area contributed by atoms with Crippen LogP contribution in [0.15, 0.2) is 6.20 Å². The zero-order chi connectivity index (χ0) is 13.5. The summed E-state index contributed by atoms with van der Waals surface area (Å²) in [6.07, 6.45) is 8.27. The Hall–Kier alpha value is -0.550. The molecule has 0 aromatic carbocycles. The van der Waals surface area contributed by atoms with Gasteiger partial charge in [0, 0.05) is 11.8 Å². The highest BCUT2D eigenvalue weighted by Crippen LogP contribution is 2.34. The van der Waals surface area contributed by atoms with Crippen LogP contribution in [0.25, 0.3) is 0 Å². The lowest BCUT2D eigenvalue weighted by atomic mass is 10.0. The standard InChI is InChI=1S/C14H26N4S/c1-3-8-15-14(13-7-5-6-10-19-13)12-11-16-17-18(12)9-4-2/h11,13-15H,3-10H2,1-2H3. The van der Waals surface area contributed by atoms with Gasteiger partial charge in [0.1, 0.15) is 0 Å². The minimum atomic E-state index is 0.409. The molecule has 1 saturated heterocycles. The van der Waals surface area contributed by atoms with Gasteiger partial charge in [-0.1, -0.05) is 25.5 Å². The molecule has 0 spiro atoms. The van der Waals surface area contributed by atoms with Crippen LogP contribution in [-0.4, -0.2) is 32.5 Å². The maximum atomic E-state index is 4.25. The number of rotatable bonds is 7. The van der Waals surface area contributed by atoms with E-state index in [4.69, 9.17) is 0 Å². The molecular formula is C14H26N4S. The van der Waals surface area contributed by atoms with Crippen molar-refractivity contribution in [2.45, 2.75) is 63.8 Å². The summed E-state index contributed by atoms with van der Waals surface area (Å²) in [5.41, 5.74) is 1.27. The second kappa shape index (κ2) is 7.90. The van der Waals surface area contributed by atoms with Gasteiger partial charge in [-0.05, 0) is 38.0 Å². The molecule has 0 amide bonds. The molecule has 1 aromatic rings. The summed E-state index contributed by atoms with van der Waals surface area (Å²) >= 11 is 2.12. The van der Waals surface area contributed by atoms with Crippen molar-refractivity contribution in [2.24, 2.45) is 0 Å². The fourth-order valence-corrected chi connectivity index (χ4v) is 4.08. The van der Waals surface area contributed by atoms with E-state index < -0.39 is 0 Å². The Morgan fingerprint density at radius 3 is 3.00 bits per heavy atom. The van der Waals surface area contributed by atoms with Gasteiger partial charge >= 0.3 is 0 Å². The van der Waals surface area contributed by atoms with Gasteiger partial charge in [-0.2, -0.15) is 11.8 Å². The predicted octanol–water partition coefficient (Wildman–Crippen LogP) is 3.01. The summed E-state index contributed by atoms with van der Waals surface area (Å²) in [6, 6.07) is 0.409. The second-order valence-corrected chi connectivity index (χ2v) is 6.57. The van der Waals surface area contributed by atoms with Crippen LogP contribution in [0.2, 0.25) is 0 Å². The van der Waals surface area contributed by atoms with E-state index in [1.165, 1.54) is 37.1 Å². The summed E-state index contributed by atoms with van der Waals surface area (Å²) in [5.74, 6) is 1.30. The maximum Gasteiger partial charge on any atom is 0.0767 e. The Bertz CT molecular complexity index is 360. The van der Waals surface area contributed by atoms with Crippen molar-refractivity contribution in [3.8, 4) is 0 Å². The smallest absolute Gasteiger partial charge is 0.0767 e. The van der Waals surface area contributed by atoms with Gasteiger partial charge in [-0.3, -0.25) is 0 Å². The zero-order valence-electron chi connectivity index (χ0n) is 12.1. The fraction of sp³-hybridized carbons (Fsp3) is 0.857. The average Bonchev–Trinajstić information content (AvgIpc) is 2.89. The SMILES string of the molecule is CCCNC(c1cnnn1CCC)C1CCCCS1. The minimum Gasteiger partial charge on any atom is -0.308 e. The number of aryl methyl sites for hydroxylation is 1. The van der Waals surface area contributed by atoms with Crippen LogP contribution in [0, 0.1) is 0 Å². The zero-order valence-corrected chi connectivity index (χ0v) is 13.0. The number of aromatic nitrogens is 3. The number of thioether (sulfide) groups is 1. The molecule has 2 atom stereocenters. The highest BCUT2D eigenvalue weighted by molar-refractivity contribution is 8.00. The van der Waals surface area contributed by atoms with Crippen LogP contribution in [0.5, 0.6) is 0 Å². The van der Waals surface area contributed by atoms with Crippen molar-refractivity contribution in [2.75, 3.05) is 12.3 Å². The van der Waals surface area contributed by atoms with Crippen molar-refractivity contribution in [3.63, 3.8) is 0 Å². The Labute approximate surface area is 120 Å². The third-order valence-electron chi connectivity index (χ3n) is 3.60. The quantitative estimate of drug-likeness (QED) is 0.835. The first-order valence-electron chi connectivity index (χ1n) is 7.60. The number of hydrogen-bond acceptors (Lipinski definition) is 4. The Balaban J connectivity index is 2.12. The van der Waals surface area contributed by atoms with Crippen molar-refractivity contribution in [1.29, 1.82) is 0 Å². The van der Waals surface area contributed by atoms with Crippen LogP contribution in [-0.2, 0) is 6.54 Å². The molecule has 4 nitrogen and oxygen atoms in total. The molecule has 0 saturated carbocycles. The molecule has 2 unspecified atom stereocenters. The molecule has 0 bridgehead atoms. The summed E-state index contributed by atoms with van der Waals surface area (Å²) in [7, 11) is 0. The molecule has 1 fully saturated rings. The first-order chi connectivity index (χ1) is 9.36. The molecule has 1 aliphatic heterocycles. The van der Waals surface area contributed by atoms with E-state index >= 15 is 0 Å². The lowest BCUT2D eigenvalue weighted by Gasteiger charge is -2.30. The van der Waals surface area contributed by atoms with E-state index in [9.17, 15) is 0 Å². The first kappa shape index (κ1) is 14.9. The molecule has 0 aliphatic carbocycles. The van der Waals surface area contributed by atoms with Gasteiger partial charge in [0.25, 0.3) is 0 Å². The lowest BCUT2D eigenvalue weighted by molar-refractivity contribution is 0.436. The van der Waals surface area contributed by atoms with Crippen LogP contribution >= 0.6 is 11.8 Å². The highest BCUT2D eigenvalue weighted by Gasteiger charge is 2.27. The van der Waals surface area contributed by atoms with Crippen LogP contribution in [0.1, 0.15) is 57.7 Å². The first-order valence-corrected chi connectivity index (χ1v) is 8.65. The van der Waals surface area contributed by atoms with Gasteiger partial charge in [0.2, 0.25) is 0 Å². The van der Waals surface area contributed by atoms with Crippen LogP contribution < -0.4 is 5.32 Å². The average molecular weight is 282 g/mol. The van der Waals surface area contributed by atoms with E-state index in [1.54, 1.807) is 0 Å². The Morgan fingerprint density at radius 1 is 1.42 bits per heavy atom. The Morgan fingerprint density at radius 2 is 2.32 bits per heavy atom. The second-order valence-electron chi connectivity index (χ2n) is 5.22. The van der Waals surface area contributed by atoms with E-state index in [-0.39, 0.29) is 0 Å². The van der Waals surface area contributed by atoms with Crippen LogP contribution in [0.3, 0.4) is 0 Å². The Kier molecular flexibility index (Phi) is 6.17. The van der Waals surface area contributed by atoms with Gasteiger partial charge in [-0.15, -0.1) is 5.10 Å². The summed E-state index contributed by atoms with van der Waals surface area (Å²) in [5, 5.41) is 12.8. The third kappa shape index (κ3) is 3.96. The fourth-order valence-electron chi connectivity index (χ4n) is 2.65. The molecule has 1 aromatic heterocycles. The molecule has 0 radical (unpaired) electrons. The molecule has 2 rings (SSSR count).